The van der Waals surface area contributed by atoms with Crippen LogP contribution in [-0.2, 0) is 6.42 Å². The number of fused-ring (bicyclic) bond motifs is 3. The van der Waals surface area contributed by atoms with E-state index < -0.39 is 0 Å². The zero-order valence-electron chi connectivity index (χ0n) is 9.99. The van der Waals surface area contributed by atoms with Gasteiger partial charge in [0, 0.05) is 19.6 Å². The molecule has 0 aromatic heterocycles. The molecule has 0 radical (unpaired) electrons. The van der Waals surface area contributed by atoms with Crippen LogP contribution in [0.2, 0.25) is 0 Å². The largest absolute Gasteiger partial charge is 0.348 e. The summed E-state index contributed by atoms with van der Waals surface area (Å²) in [5.74, 6) is 0.0487. The third-order valence-electron chi connectivity index (χ3n) is 3.57. The van der Waals surface area contributed by atoms with Crippen molar-refractivity contribution in [1.29, 1.82) is 0 Å². The van der Waals surface area contributed by atoms with Gasteiger partial charge in [0.15, 0.2) is 0 Å². The molecule has 1 aromatic rings. The molecule has 2 aliphatic heterocycles. The van der Waals surface area contributed by atoms with Gasteiger partial charge in [0.2, 0.25) is 0 Å². The fraction of sp³-hybridized carbons (Fsp3) is 0.462. The molecule has 0 spiro atoms. The number of rotatable bonds is 1. The lowest BCUT2D eigenvalue weighted by Crippen LogP contribution is -2.62. The molecule has 2 N–H and O–H groups in total. The Balaban J connectivity index is 2.06. The number of hydrogen-bond acceptors (Lipinski definition) is 3. The van der Waals surface area contributed by atoms with Crippen molar-refractivity contribution in [2.75, 3.05) is 24.5 Å². The lowest BCUT2D eigenvalue weighted by Gasteiger charge is -2.42. The molecular formula is C13H17N3O. The number of carbonyl (C=O) groups is 1. The van der Waals surface area contributed by atoms with Gasteiger partial charge in [-0.3, -0.25) is 4.79 Å². The van der Waals surface area contributed by atoms with Crippen LogP contribution >= 0.6 is 0 Å². The summed E-state index contributed by atoms with van der Waals surface area (Å²) in [5.41, 5.74) is 3.19. The van der Waals surface area contributed by atoms with Crippen LogP contribution in [0.5, 0.6) is 0 Å². The van der Waals surface area contributed by atoms with Gasteiger partial charge in [0.1, 0.15) is 6.17 Å². The molecule has 1 atom stereocenters. The van der Waals surface area contributed by atoms with Gasteiger partial charge < -0.3 is 15.5 Å². The molecule has 0 bridgehead atoms. The quantitative estimate of drug-likeness (QED) is 0.749. The summed E-state index contributed by atoms with van der Waals surface area (Å²) in [6, 6.07) is 6.15. The highest BCUT2D eigenvalue weighted by molar-refractivity contribution is 6.02. The number of benzene rings is 1. The predicted molar refractivity (Wildman–Crippen MR) is 67.3 cm³/mol. The molecule has 1 saturated heterocycles. The molecule has 4 nitrogen and oxygen atoms in total. The Morgan fingerprint density at radius 2 is 2.35 bits per heavy atom. The van der Waals surface area contributed by atoms with Crippen LogP contribution in [0.25, 0.3) is 0 Å². The lowest BCUT2D eigenvalue weighted by molar-refractivity contribution is 0.0923. The van der Waals surface area contributed by atoms with E-state index in [1.165, 1.54) is 5.56 Å². The number of hydrogen-bond donors (Lipinski definition) is 2. The fourth-order valence-electron chi connectivity index (χ4n) is 2.58. The maximum absolute atomic E-state index is 12.0. The van der Waals surface area contributed by atoms with Crippen LogP contribution < -0.4 is 15.5 Å². The Labute approximate surface area is 101 Å². The zero-order valence-corrected chi connectivity index (χ0v) is 9.99. The van der Waals surface area contributed by atoms with E-state index in [4.69, 9.17) is 0 Å². The van der Waals surface area contributed by atoms with Crippen LogP contribution in [-0.4, -0.2) is 31.7 Å². The van der Waals surface area contributed by atoms with Crippen LogP contribution in [0.4, 0.5) is 5.69 Å². The molecule has 0 unspecified atom stereocenters. The first-order valence-electron chi connectivity index (χ1n) is 6.20. The van der Waals surface area contributed by atoms with E-state index in [0.29, 0.717) is 0 Å². The Bertz CT molecular complexity index is 458. The van der Waals surface area contributed by atoms with Gasteiger partial charge in [0.05, 0.1) is 11.3 Å². The summed E-state index contributed by atoms with van der Waals surface area (Å²) in [7, 11) is 0. The molecule has 1 fully saturated rings. The van der Waals surface area contributed by atoms with Crippen molar-refractivity contribution in [3.8, 4) is 0 Å². The lowest BCUT2D eigenvalue weighted by atomic mass is 10.0. The zero-order chi connectivity index (χ0) is 11.8. The third kappa shape index (κ3) is 1.69. The van der Waals surface area contributed by atoms with Crippen LogP contribution in [0.15, 0.2) is 18.2 Å². The molecule has 0 aliphatic carbocycles. The topological polar surface area (TPSA) is 44.4 Å². The summed E-state index contributed by atoms with van der Waals surface area (Å²) in [6.07, 6.45) is 1.11. The van der Waals surface area contributed by atoms with Gasteiger partial charge in [-0.05, 0) is 24.1 Å². The van der Waals surface area contributed by atoms with Crippen molar-refractivity contribution < 1.29 is 4.79 Å². The summed E-state index contributed by atoms with van der Waals surface area (Å²) in [6.45, 7) is 4.88. The molecule has 1 aromatic carbocycles. The molecule has 2 aliphatic rings. The smallest absolute Gasteiger partial charge is 0.255 e. The van der Waals surface area contributed by atoms with Crippen LogP contribution in [0.1, 0.15) is 22.8 Å². The predicted octanol–water partition coefficient (Wildman–Crippen LogP) is 0.728. The van der Waals surface area contributed by atoms with E-state index in [9.17, 15) is 4.79 Å². The summed E-state index contributed by atoms with van der Waals surface area (Å²) in [5, 5.41) is 6.34. The normalized spacial score (nSPS) is 22.8. The first kappa shape index (κ1) is 10.6. The van der Waals surface area contributed by atoms with Crippen LogP contribution in [0.3, 0.4) is 0 Å². The Morgan fingerprint density at radius 1 is 1.47 bits per heavy atom. The number of amides is 1. The standard InChI is InChI=1S/C13H17N3O/c1-2-9-3-4-10-11(7-9)16-6-5-14-8-12(16)15-13(10)17/h3-4,7,12,14H,2,5-6,8H2,1H3,(H,15,17)/t12-/m1/s1. The van der Waals surface area contributed by atoms with Crippen LogP contribution in [0, 0.1) is 0 Å². The average Bonchev–Trinajstić information content (AvgIpc) is 2.38. The number of anilines is 1. The first-order chi connectivity index (χ1) is 8.29. The fourth-order valence-corrected chi connectivity index (χ4v) is 2.58. The molecule has 1 amide bonds. The number of nitrogens with one attached hydrogen (secondary N) is 2. The number of piperazine rings is 1. The second kappa shape index (κ2) is 4.04. The van der Waals surface area contributed by atoms with Gasteiger partial charge in [-0.1, -0.05) is 13.0 Å². The molecule has 90 valence electrons. The Morgan fingerprint density at radius 3 is 3.18 bits per heavy atom. The molecule has 17 heavy (non-hydrogen) atoms. The highest BCUT2D eigenvalue weighted by Gasteiger charge is 2.32. The van der Waals surface area contributed by atoms with Crippen molar-refractivity contribution in [1.82, 2.24) is 10.6 Å². The van der Waals surface area contributed by atoms with Gasteiger partial charge in [-0.15, -0.1) is 0 Å². The number of carbonyl (C=O) groups excluding carboxylic acids is 1. The van der Waals surface area contributed by atoms with Crippen molar-refractivity contribution in [3.05, 3.63) is 29.3 Å². The molecular weight excluding hydrogens is 214 g/mol. The molecule has 0 saturated carbocycles. The second-order valence-electron chi connectivity index (χ2n) is 4.59. The SMILES string of the molecule is CCc1ccc2c(c1)N1CCNC[C@@H]1NC2=O. The van der Waals surface area contributed by atoms with Crippen molar-refractivity contribution in [2.24, 2.45) is 0 Å². The molecule has 4 heteroatoms. The average molecular weight is 231 g/mol. The minimum atomic E-state index is 0.0487. The van der Waals surface area contributed by atoms with Gasteiger partial charge >= 0.3 is 0 Å². The first-order valence-corrected chi connectivity index (χ1v) is 6.20. The van der Waals surface area contributed by atoms with Crippen molar-refractivity contribution in [2.45, 2.75) is 19.5 Å². The number of nitrogens with zero attached hydrogens (tertiary/aromatic N) is 1. The summed E-state index contributed by atoms with van der Waals surface area (Å²) >= 11 is 0. The van der Waals surface area contributed by atoms with Gasteiger partial charge in [-0.25, -0.2) is 0 Å². The van der Waals surface area contributed by atoms with E-state index in [-0.39, 0.29) is 12.1 Å². The highest BCUT2D eigenvalue weighted by Crippen LogP contribution is 2.28. The van der Waals surface area contributed by atoms with E-state index in [0.717, 1.165) is 37.3 Å². The Hall–Kier alpha value is -1.55. The summed E-state index contributed by atoms with van der Waals surface area (Å²) in [4.78, 5) is 14.3. The number of aryl methyl sites for hydroxylation is 1. The van der Waals surface area contributed by atoms with E-state index in [2.05, 4.69) is 28.5 Å². The second-order valence-corrected chi connectivity index (χ2v) is 4.59. The van der Waals surface area contributed by atoms with E-state index >= 15 is 0 Å². The maximum atomic E-state index is 12.0. The molecule has 3 rings (SSSR count). The monoisotopic (exact) mass is 231 g/mol. The van der Waals surface area contributed by atoms with Gasteiger partial charge in [0.25, 0.3) is 5.91 Å². The van der Waals surface area contributed by atoms with E-state index in [1.807, 2.05) is 12.1 Å². The van der Waals surface area contributed by atoms with Crippen molar-refractivity contribution >= 4 is 11.6 Å². The summed E-state index contributed by atoms with van der Waals surface area (Å²) < 4.78 is 0. The van der Waals surface area contributed by atoms with Crippen molar-refractivity contribution in [3.63, 3.8) is 0 Å². The minimum Gasteiger partial charge on any atom is -0.348 e. The Kier molecular flexibility index (Phi) is 2.52. The third-order valence-corrected chi connectivity index (χ3v) is 3.57. The minimum absolute atomic E-state index is 0.0487. The highest BCUT2D eigenvalue weighted by atomic mass is 16.2. The van der Waals surface area contributed by atoms with E-state index in [1.54, 1.807) is 0 Å². The maximum Gasteiger partial charge on any atom is 0.255 e. The molecule has 2 heterocycles. The van der Waals surface area contributed by atoms with Gasteiger partial charge in [-0.2, -0.15) is 0 Å².